The third-order valence-electron chi connectivity index (χ3n) is 6.13. The number of nitrogens with one attached hydrogen (secondary N) is 2. The smallest absolute Gasteiger partial charge is 0.220 e. The van der Waals surface area contributed by atoms with Gasteiger partial charge in [0.1, 0.15) is 0 Å². The van der Waals surface area contributed by atoms with Crippen LogP contribution >= 0.6 is 0 Å². The van der Waals surface area contributed by atoms with Crippen LogP contribution in [-0.2, 0) is 27.5 Å². The van der Waals surface area contributed by atoms with Gasteiger partial charge in [0.2, 0.25) is 5.91 Å². The Kier molecular flexibility index (Phi) is 7.36. The van der Waals surface area contributed by atoms with E-state index in [9.17, 15) is 13.2 Å². The summed E-state index contributed by atoms with van der Waals surface area (Å²) in [5, 5.41) is 3.90. The Hall–Kier alpha value is -3.45. The van der Waals surface area contributed by atoms with Gasteiger partial charge in [0.05, 0.1) is 4.90 Å². The van der Waals surface area contributed by atoms with Crippen molar-refractivity contribution >= 4 is 26.6 Å². The summed E-state index contributed by atoms with van der Waals surface area (Å²) in [7, 11) is -3.33. The van der Waals surface area contributed by atoms with Gasteiger partial charge < -0.3 is 10.3 Å². The highest BCUT2D eigenvalue weighted by Crippen LogP contribution is 2.33. The van der Waals surface area contributed by atoms with E-state index in [0.29, 0.717) is 19.4 Å². The lowest BCUT2D eigenvalue weighted by atomic mass is 9.99. The summed E-state index contributed by atoms with van der Waals surface area (Å²) in [6.07, 6.45) is 7.40. The lowest BCUT2D eigenvalue weighted by molar-refractivity contribution is -0.121. The first kappa shape index (κ1) is 24.7. The predicted octanol–water partition coefficient (Wildman–Crippen LogP) is 4.93. The maximum absolute atomic E-state index is 12.4. The Morgan fingerprint density at radius 3 is 2.37 bits per heavy atom. The summed E-state index contributed by atoms with van der Waals surface area (Å²) in [4.78, 5) is 20.2. The van der Waals surface area contributed by atoms with Gasteiger partial charge in [-0.1, -0.05) is 17.2 Å². The maximum Gasteiger partial charge on any atom is 0.220 e. The van der Waals surface area contributed by atoms with Crippen LogP contribution in [0.15, 0.2) is 65.8 Å². The number of fused-ring (bicyclic) bond motifs is 1. The number of aromatic amines is 1. The number of pyridine rings is 1. The molecule has 0 aliphatic rings. The molecule has 6 nitrogen and oxygen atoms in total. The Labute approximate surface area is 206 Å². The summed E-state index contributed by atoms with van der Waals surface area (Å²) < 4.78 is 24.4. The van der Waals surface area contributed by atoms with Gasteiger partial charge in [0.15, 0.2) is 9.84 Å². The van der Waals surface area contributed by atoms with Gasteiger partial charge in [0, 0.05) is 48.2 Å². The molecule has 7 heteroatoms. The van der Waals surface area contributed by atoms with Crippen LogP contribution in [0.5, 0.6) is 0 Å². The number of aromatic nitrogens is 2. The van der Waals surface area contributed by atoms with Gasteiger partial charge in [-0.25, -0.2) is 8.42 Å². The van der Waals surface area contributed by atoms with E-state index in [-0.39, 0.29) is 10.8 Å². The topological polar surface area (TPSA) is 91.9 Å². The van der Waals surface area contributed by atoms with Crippen LogP contribution in [0.3, 0.4) is 0 Å². The third-order valence-corrected chi connectivity index (χ3v) is 7.24. The molecule has 2 N–H and O–H groups in total. The lowest BCUT2D eigenvalue weighted by Gasteiger charge is -2.09. The summed E-state index contributed by atoms with van der Waals surface area (Å²) in [6.45, 7) is 4.60. The monoisotopic (exact) mass is 489 g/mol. The highest BCUT2D eigenvalue weighted by molar-refractivity contribution is 7.90. The molecule has 2 heterocycles. The molecule has 35 heavy (non-hydrogen) atoms. The van der Waals surface area contributed by atoms with Crippen LogP contribution in [0.2, 0.25) is 0 Å². The SMILES string of the molecule is Cc1cc(C)cc(-c2[nH]c3ccc(S(C)(=O)=O)cc3c2CCNC(=O)CCCc2ccncc2)c1. The molecule has 0 saturated carbocycles. The summed E-state index contributed by atoms with van der Waals surface area (Å²) in [5.41, 5.74) is 7.39. The number of hydrogen-bond donors (Lipinski definition) is 2. The van der Waals surface area contributed by atoms with E-state index in [2.05, 4.69) is 47.3 Å². The lowest BCUT2D eigenvalue weighted by Crippen LogP contribution is -2.25. The van der Waals surface area contributed by atoms with Crippen LogP contribution < -0.4 is 5.32 Å². The molecule has 0 bridgehead atoms. The zero-order valence-electron chi connectivity index (χ0n) is 20.4. The molecule has 4 aromatic rings. The number of H-pyrrole nitrogens is 1. The standard InChI is InChI=1S/C28H31N3O3S/c1-19-15-20(2)17-22(16-19)28-24(25-18-23(35(3,33)34)7-8-26(25)31-28)11-14-30-27(32)6-4-5-21-9-12-29-13-10-21/h7-10,12-13,15-18,31H,4-6,11,14H2,1-3H3,(H,30,32). The van der Waals surface area contributed by atoms with Gasteiger partial charge in [0.25, 0.3) is 0 Å². The molecule has 0 unspecified atom stereocenters. The molecule has 0 fully saturated rings. The number of aryl methyl sites for hydroxylation is 3. The number of benzene rings is 2. The first-order chi connectivity index (χ1) is 16.7. The molecule has 2 aromatic heterocycles. The molecule has 0 atom stereocenters. The highest BCUT2D eigenvalue weighted by Gasteiger charge is 2.17. The van der Waals surface area contributed by atoms with Crippen LogP contribution in [0.1, 0.15) is 35.1 Å². The normalized spacial score (nSPS) is 11.6. The molecule has 0 aliphatic heterocycles. The largest absolute Gasteiger partial charge is 0.356 e. The zero-order valence-corrected chi connectivity index (χ0v) is 21.2. The number of sulfone groups is 1. The fourth-order valence-electron chi connectivity index (χ4n) is 4.50. The van der Waals surface area contributed by atoms with Crippen LogP contribution in [0.25, 0.3) is 22.2 Å². The second-order valence-corrected chi connectivity index (χ2v) is 11.2. The number of amides is 1. The Morgan fingerprint density at radius 1 is 0.971 bits per heavy atom. The van der Waals surface area contributed by atoms with Crippen molar-refractivity contribution in [2.24, 2.45) is 0 Å². The zero-order chi connectivity index (χ0) is 25.0. The van der Waals surface area contributed by atoms with E-state index < -0.39 is 9.84 Å². The molecule has 1 amide bonds. The average Bonchev–Trinajstić information content (AvgIpc) is 3.16. The van der Waals surface area contributed by atoms with E-state index in [1.54, 1.807) is 24.5 Å². The number of hydrogen-bond acceptors (Lipinski definition) is 4. The number of nitrogens with zero attached hydrogens (tertiary/aromatic N) is 1. The second-order valence-electron chi connectivity index (χ2n) is 9.14. The van der Waals surface area contributed by atoms with Crippen molar-refractivity contribution in [3.05, 3.63) is 83.2 Å². The summed E-state index contributed by atoms with van der Waals surface area (Å²) >= 11 is 0. The van der Waals surface area contributed by atoms with Gasteiger partial charge >= 0.3 is 0 Å². The van der Waals surface area contributed by atoms with Crippen LogP contribution in [0, 0.1) is 13.8 Å². The fourth-order valence-corrected chi connectivity index (χ4v) is 5.15. The molecular weight excluding hydrogens is 458 g/mol. The van der Waals surface area contributed by atoms with E-state index in [0.717, 1.165) is 51.7 Å². The molecule has 0 saturated heterocycles. The van der Waals surface area contributed by atoms with E-state index >= 15 is 0 Å². The van der Waals surface area contributed by atoms with Crippen LogP contribution in [-0.4, -0.2) is 37.1 Å². The van der Waals surface area contributed by atoms with Crippen molar-refractivity contribution in [1.29, 1.82) is 0 Å². The summed E-state index contributed by atoms with van der Waals surface area (Å²) in [5.74, 6) is 0.0173. The van der Waals surface area contributed by atoms with Gasteiger partial charge in [-0.2, -0.15) is 0 Å². The Morgan fingerprint density at radius 2 is 1.69 bits per heavy atom. The van der Waals surface area contributed by atoms with E-state index in [1.165, 1.54) is 11.8 Å². The number of rotatable bonds is 9. The highest BCUT2D eigenvalue weighted by atomic mass is 32.2. The molecule has 2 aromatic carbocycles. The first-order valence-electron chi connectivity index (χ1n) is 11.8. The Bertz CT molecular complexity index is 1440. The predicted molar refractivity (Wildman–Crippen MR) is 140 cm³/mol. The van der Waals surface area contributed by atoms with Crippen molar-refractivity contribution in [2.45, 2.75) is 44.4 Å². The van der Waals surface area contributed by atoms with E-state index in [1.807, 2.05) is 18.2 Å². The molecule has 4 rings (SSSR count). The average molecular weight is 490 g/mol. The van der Waals surface area contributed by atoms with Gasteiger partial charge in [-0.05, 0) is 92.3 Å². The second kappa shape index (κ2) is 10.4. The molecule has 0 spiro atoms. The first-order valence-corrected chi connectivity index (χ1v) is 13.7. The third kappa shape index (κ3) is 6.17. The molecule has 182 valence electrons. The van der Waals surface area contributed by atoms with Crippen molar-refractivity contribution in [1.82, 2.24) is 15.3 Å². The molecule has 0 radical (unpaired) electrons. The minimum absolute atomic E-state index is 0.0173. The van der Waals surface area contributed by atoms with Gasteiger partial charge in [-0.15, -0.1) is 0 Å². The fraction of sp³-hybridized carbons (Fsp3) is 0.286. The van der Waals surface area contributed by atoms with Gasteiger partial charge in [-0.3, -0.25) is 9.78 Å². The minimum Gasteiger partial charge on any atom is -0.356 e. The van der Waals surface area contributed by atoms with E-state index in [4.69, 9.17) is 0 Å². The molecule has 0 aliphatic carbocycles. The Balaban J connectivity index is 1.54. The summed E-state index contributed by atoms with van der Waals surface area (Å²) in [6, 6.07) is 15.5. The van der Waals surface area contributed by atoms with Crippen molar-refractivity contribution in [3.8, 4) is 11.3 Å². The number of carbonyl (C=O) groups excluding carboxylic acids is 1. The van der Waals surface area contributed by atoms with Crippen molar-refractivity contribution in [3.63, 3.8) is 0 Å². The quantitative estimate of drug-likeness (QED) is 0.349. The molecular formula is C28H31N3O3S. The number of carbonyl (C=O) groups is 1. The van der Waals surface area contributed by atoms with Crippen LogP contribution in [0.4, 0.5) is 0 Å². The maximum atomic E-state index is 12.4. The van der Waals surface area contributed by atoms with Crippen molar-refractivity contribution in [2.75, 3.05) is 12.8 Å². The minimum atomic E-state index is -3.33. The van der Waals surface area contributed by atoms with Crippen molar-refractivity contribution < 1.29 is 13.2 Å².